The third-order valence-electron chi connectivity index (χ3n) is 6.00. The summed E-state index contributed by atoms with van der Waals surface area (Å²) in [6.45, 7) is 4.14. The van der Waals surface area contributed by atoms with Crippen LogP contribution in [0, 0.1) is 6.92 Å². The molecule has 4 N–H and O–H groups in total. The maximum absolute atomic E-state index is 6.59. The number of aryl methyl sites for hydroxylation is 1. The van der Waals surface area contributed by atoms with E-state index in [0.29, 0.717) is 12.4 Å². The SMILES string of the molecule is CNCc1ccccc1-c1ccc([C@@H](N)Nc2nnc(C)c3ccc(O[C@H]4CCOC4)cc23)s1. The number of rotatable bonds is 8. The minimum atomic E-state index is -0.414. The number of aromatic nitrogens is 2. The van der Waals surface area contributed by atoms with Crippen LogP contribution in [-0.2, 0) is 11.3 Å². The third-order valence-corrected chi connectivity index (χ3v) is 7.20. The Hall–Kier alpha value is -3.04. The molecule has 8 heteroatoms. The first-order valence-electron chi connectivity index (χ1n) is 11.5. The molecular formula is C26H29N5O2S. The highest BCUT2D eigenvalue weighted by Crippen LogP contribution is 2.34. The second-order valence-corrected chi connectivity index (χ2v) is 9.57. The van der Waals surface area contributed by atoms with Gasteiger partial charge in [0.2, 0.25) is 0 Å². The van der Waals surface area contributed by atoms with Gasteiger partial charge in [-0.25, -0.2) is 0 Å². The Morgan fingerprint density at radius 2 is 2.03 bits per heavy atom. The van der Waals surface area contributed by atoms with Gasteiger partial charge in [-0.15, -0.1) is 16.4 Å². The van der Waals surface area contributed by atoms with Gasteiger partial charge in [0.15, 0.2) is 5.82 Å². The van der Waals surface area contributed by atoms with Crippen molar-refractivity contribution in [1.82, 2.24) is 15.5 Å². The maximum Gasteiger partial charge on any atom is 0.158 e. The molecule has 2 atom stereocenters. The maximum atomic E-state index is 6.59. The number of nitrogens with one attached hydrogen (secondary N) is 2. The molecule has 0 radical (unpaired) electrons. The highest BCUT2D eigenvalue weighted by molar-refractivity contribution is 7.15. The highest BCUT2D eigenvalue weighted by Gasteiger charge is 2.19. The molecule has 0 saturated carbocycles. The number of hydrogen-bond donors (Lipinski definition) is 3. The minimum absolute atomic E-state index is 0.0855. The molecule has 1 fully saturated rings. The monoisotopic (exact) mass is 475 g/mol. The molecule has 2 aromatic carbocycles. The number of hydrogen-bond acceptors (Lipinski definition) is 8. The summed E-state index contributed by atoms with van der Waals surface area (Å²) in [4.78, 5) is 2.22. The van der Waals surface area contributed by atoms with Crippen molar-refractivity contribution < 1.29 is 9.47 Å². The fraction of sp³-hybridized carbons (Fsp3) is 0.308. The summed E-state index contributed by atoms with van der Waals surface area (Å²) in [5.74, 6) is 1.44. The van der Waals surface area contributed by atoms with E-state index >= 15 is 0 Å². The zero-order valence-corrected chi connectivity index (χ0v) is 20.2. The molecule has 5 rings (SSSR count). The molecule has 0 bridgehead atoms. The van der Waals surface area contributed by atoms with Gasteiger partial charge in [0.05, 0.1) is 18.9 Å². The molecule has 0 spiro atoms. The first-order valence-corrected chi connectivity index (χ1v) is 12.3. The van der Waals surface area contributed by atoms with Gasteiger partial charge in [0.1, 0.15) is 18.0 Å². The summed E-state index contributed by atoms with van der Waals surface area (Å²) in [5, 5.41) is 17.3. The molecule has 4 aromatic rings. The van der Waals surface area contributed by atoms with E-state index in [-0.39, 0.29) is 6.10 Å². The smallest absolute Gasteiger partial charge is 0.158 e. The van der Waals surface area contributed by atoms with Gasteiger partial charge in [-0.1, -0.05) is 24.3 Å². The lowest BCUT2D eigenvalue weighted by atomic mass is 10.1. The van der Waals surface area contributed by atoms with Crippen LogP contribution in [0.1, 0.15) is 28.7 Å². The van der Waals surface area contributed by atoms with Crippen molar-refractivity contribution in [2.45, 2.75) is 32.2 Å². The Morgan fingerprint density at radius 3 is 2.85 bits per heavy atom. The summed E-state index contributed by atoms with van der Waals surface area (Å²) in [7, 11) is 1.96. The molecule has 1 saturated heterocycles. The second-order valence-electron chi connectivity index (χ2n) is 8.46. The standard InChI is InChI=1S/C26H29N5O2S/c1-16-20-8-7-18(33-19-11-12-32-15-19)13-22(20)26(31-30-16)29-25(27)24-10-9-23(34-24)21-6-4-3-5-17(21)14-28-2/h3-10,13,19,25,28H,11-12,14-15,27H2,1-2H3,(H,29,31)/t19-,25-/m0/s1. The van der Waals surface area contributed by atoms with Crippen LogP contribution in [0.4, 0.5) is 5.82 Å². The lowest BCUT2D eigenvalue weighted by Gasteiger charge is -2.17. The van der Waals surface area contributed by atoms with E-state index in [0.717, 1.165) is 46.7 Å². The van der Waals surface area contributed by atoms with Crippen LogP contribution in [0.2, 0.25) is 0 Å². The number of nitrogens with two attached hydrogens (primary N) is 1. The summed E-state index contributed by atoms with van der Waals surface area (Å²) >= 11 is 1.68. The van der Waals surface area contributed by atoms with Crippen LogP contribution in [0.5, 0.6) is 5.75 Å². The van der Waals surface area contributed by atoms with Gasteiger partial charge in [-0.2, -0.15) is 5.10 Å². The molecular weight excluding hydrogens is 446 g/mol. The number of ether oxygens (including phenoxy) is 2. The van der Waals surface area contributed by atoms with Gasteiger partial charge >= 0.3 is 0 Å². The van der Waals surface area contributed by atoms with E-state index in [1.54, 1.807) is 11.3 Å². The number of fused-ring (bicyclic) bond motifs is 1. The highest BCUT2D eigenvalue weighted by atomic mass is 32.1. The average molecular weight is 476 g/mol. The second kappa shape index (κ2) is 10.1. The van der Waals surface area contributed by atoms with E-state index in [4.69, 9.17) is 15.2 Å². The van der Waals surface area contributed by atoms with Crippen LogP contribution in [0.15, 0.2) is 54.6 Å². The first-order chi connectivity index (χ1) is 16.6. The normalized spacial score (nSPS) is 16.6. The van der Waals surface area contributed by atoms with Crippen LogP contribution >= 0.6 is 11.3 Å². The molecule has 0 unspecified atom stereocenters. The predicted octanol–water partition coefficient (Wildman–Crippen LogP) is 4.62. The summed E-state index contributed by atoms with van der Waals surface area (Å²) in [6.07, 6.45) is 0.574. The average Bonchev–Trinajstić information content (AvgIpc) is 3.54. The largest absolute Gasteiger partial charge is 0.488 e. The third kappa shape index (κ3) is 4.76. The topological polar surface area (TPSA) is 94.3 Å². The van der Waals surface area contributed by atoms with Gasteiger partial charge in [0.25, 0.3) is 0 Å². The number of thiophene rings is 1. The van der Waals surface area contributed by atoms with Crippen LogP contribution in [-0.4, -0.2) is 36.6 Å². The summed E-state index contributed by atoms with van der Waals surface area (Å²) in [6, 6.07) is 18.7. The lowest BCUT2D eigenvalue weighted by Crippen LogP contribution is -2.20. The van der Waals surface area contributed by atoms with E-state index in [9.17, 15) is 0 Å². The zero-order chi connectivity index (χ0) is 23.5. The molecule has 0 aliphatic carbocycles. The van der Waals surface area contributed by atoms with Crippen LogP contribution in [0.25, 0.3) is 21.2 Å². The fourth-order valence-corrected chi connectivity index (χ4v) is 5.26. The van der Waals surface area contributed by atoms with Crippen molar-refractivity contribution in [2.24, 2.45) is 5.73 Å². The quantitative estimate of drug-likeness (QED) is 0.320. The van der Waals surface area contributed by atoms with Gasteiger partial charge in [-0.3, -0.25) is 0 Å². The van der Waals surface area contributed by atoms with E-state index in [2.05, 4.69) is 57.2 Å². The van der Waals surface area contributed by atoms with Gasteiger partial charge < -0.3 is 25.8 Å². The Labute approximate surface area is 203 Å². The predicted molar refractivity (Wildman–Crippen MR) is 137 cm³/mol. The number of nitrogens with zero attached hydrogens (tertiary/aromatic N) is 2. The van der Waals surface area contributed by atoms with Gasteiger partial charge in [-0.05, 0) is 55.4 Å². The van der Waals surface area contributed by atoms with Crippen molar-refractivity contribution in [3.8, 4) is 16.2 Å². The molecule has 34 heavy (non-hydrogen) atoms. The molecule has 1 aliphatic heterocycles. The number of anilines is 1. The molecule has 2 aromatic heterocycles. The van der Waals surface area contributed by atoms with Crippen molar-refractivity contribution in [2.75, 3.05) is 25.6 Å². The van der Waals surface area contributed by atoms with Crippen molar-refractivity contribution in [1.29, 1.82) is 0 Å². The Bertz CT molecular complexity index is 1290. The zero-order valence-electron chi connectivity index (χ0n) is 19.4. The molecule has 0 amide bonds. The van der Waals surface area contributed by atoms with E-state index in [1.165, 1.54) is 16.0 Å². The Balaban J connectivity index is 1.40. The summed E-state index contributed by atoms with van der Waals surface area (Å²) < 4.78 is 11.6. The number of benzene rings is 2. The van der Waals surface area contributed by atoms with Crippen LogP contribution in [0.3, 0.4) is 0 Å². The van der Waals surface area contributed by atoms with Crippen LogP contribution < -0.4 is 21.1 Å². The molecule has 1 aliphatic rings. The van der Waals surface area contributed by atoms with Crippen molar-refractivity contribution in [3.63, 3.8) is 0 Å². The first kappa shape index (κ1) is 22.7. The molecule has 176 valence electrons. The minimum Gasteiger partial charge on any atom is -0.488 e. The molecule has 7 nitrogen and oxygen atoms in total. The fourth-order valence-electron chi connectivity index (χ4n) is 4.23. The van der Waals surface area contributed by atoms with E-state index < -0.39 is 6.17 Å². The van der Waals surface area contributed by atoms with Crippen molar-refractivity contribution >= 4 is 27.9 Å². The Morgan fingerprint density at radius 1 is 1.15 bits per heavy atom. The molecule has 3 heterocycles. The summed E-state index contributed by atoms with van der Waals surface area (Å²) in [5.41, 5.74) is 9.93. The van der Waals surface area contributed by atoms with E-state index in [1.807, 2.05) is 32.2 Å². The van der Waals surface area contributed by atoms with Gasteiger partial charge in [0, 0.05) is 33.5 Å². The lowest BCUT2D eigenvalue weighted by molar-refractivity contribution is 0.141. The van der Waals surface area contributed by atoms with Crippen molar-refractivity contribution in [3.05, 3.63) is 70.7 Å². The Kier molecular flexibility index (Phi) is 6.73.